The minimum Gasteiger partial charge on any atom is -0.497 e. The zero-order valence-electron chi connectivity index (χ0n) is 13.4. The van der Waals surface area contributed by atoms with Crippen LogP contribution in [-0.2, 0) is 9.53 Å². The molecule has 23 heavy (non-hydrogen) atoms. The van der Waals surface area contributed by atoms with Crippen molar-refractivity contribution in [3.8, 4) is 5.75 Å². The number of ether oxygens (including phenoxy) is 2. The van der Waals surface area contributed by atoms with Gasteiger partial charge in [-0.25, -0.2) is 0 Å². The van der Waals surface area contributed by atoms with E-state index in [2.05, 4.69) is 0 Å². The van der Waals surface area contributed by atoms with E-state index in [0.29, 0.717) is 44.2 Å². The van der Waals surface area contributed by atoms with Crippen LogP contribution in [0, 0.1) is 0 Å². The van der Waals surface area contributed by atoms with Crippen LogP contribution >= 0.6 is 0 Å². The van der Waals surface area contributed by atoms with Gasteiger partial charge in [0.25, 0.3) is 5.91 Å². The van der Waals surface area contributed by atoms with Crippen LogP contribution in [0.3, 0.4) is 0 Å². The van der Waals surface area contributed by atoms with Crippen molar-refractivity contribution >= 4 is 11.8 Å². The van der Waals surface area contributed by atoms with Gasteiger partial charge >= 0.3 is 0 Å². The van der Waals surface area contributed by atoms with Crippen molar-refractivity contribution in [3.05, 3.63) is 29.8 Å². The second kappa shape index (κ2) is 7.00. The number of carbonyl (C=O) groups is 2. The maximum absolute atomic E-state index is 12.7. The molecule has 2 saturated heterocycles. The third kappa shape index (κ3) is 3.32. The fourth-order valence-electron chi connectivity index (χ4n) is 3.16. The Bertz CT molecular complexity index is 566. The largest absolute Gasteiger partial charge is 0.497 e. The molecule has 0 radical (unpaired) electrons. The highest BCUT2D eigenvalue weighted by atomic mass is 16.5. The Morgan fingerprint density at radius 2 is 1.83 bits per heavy atom. The molecule has 0 aromatic heterocycles. The summed E-state index contributed by atoms with van der Waals surface area (Å²) >= 11 is 0. The van der Waals surface area contributed by atoms with E-state index < -0.39 is 0 Å². The van der Waals surface area contributed by atoms with Gasteiger partial charge in [0.05, 0.1) is 20.3 Å². The molecule has 6 nitrogen and oxygen atoms in total. The van der Waals surface area contributed by atoms with Gasteiger partial charge < -0.3 is 19.3 Å². The number of likely N-dealkylation sites (tertiary alicyclic amines) is 1. The Labute approximate surface area is 136 Å². The predicted molar refractivity (Wildman–Crippen MR) is 84.5 cm³/mol. The highest BCUT2D eigenvalue weighted by Gasteiger charge is 2.37. The number of carbonyl (C=O) groups excluding carboxylic acids is 2. The molecule has 6 heteroatoms. The van der Waals surface area contributed by atoms with Crippen LogP contribution in [0.25, 0.3) is 0 Å². The number of hydrogen-bond donors (Lipinski definition) is 0. The Morgan fingerprint density at radius 3 is 2.48 bits per heavy atom. The van der Waals surface area contributed by atoms with Crippen LogP contribution in [0.15, 0.2) is 24.3 Å². The van der Waals surface area contributed by atoms with E-state index in [1.54, 1.807) is 36.3 Å². The van der Waals surface area contributed by atoms with E-state index in [9.17, 15) is 9.59 Å². The van der Waals surface area contributed by atoms with E-state index in [1.807, 2.05) is 4.90 Å². The molecule has 3 rings (SSSR count). The topological polar surface area (TPSA) is 59.1 Å². The first kappa shape index (κ1) is 15.8. The number of methoxy groups -OCH3 is 1. The summed E-state index contributed by atoms with van der Waals surface area (Å²) in [4.78, 5) is 29.0. The maximum Gasteiger partial charge on any atom is 0.254 e. The van der Waals surface area contributed by atoms with Gasteiger partial charge in [-0.15, -0.1) is 0 Å². The Morgan fingerprint density at radius 1 is 1.13 bits per heavy atom. The summed E-state index contributed by atoms with van der Waals surface area (Å²) in [5, 5.41) is 0. The zero-order chi connectivity index (χ0) is 16.2. The first-order valence-corrected chi connectivity index (χ1v) is 8.02. The van der Waals surface area contributed by atoms with Crippen molar-refractivity contribution in [2.24, 2.45) is 0 Å². The van der Waals surface area contributed by atoms with Gasteiger partial charge in [-0.1, -0.05) is 0 Å². The van der Waals surface area contributed by atoms with Gasteiger partial charge in [0, 0.05) is 25.2 Å². The molecule has 0 saturated carbocycles. The molecule has 2 aliphatic heterocycles. The second-order valence-electron chi connectivity index (χ2n) is 5.82. The Hall–Kier alpha value is -2.08. The summed E-state index contributed by atoms with van der Waals surface area (Å²) < 4.78 is 10.4. The van der Waals surface area contributed by atoms with Crippen molar-refractivity contribution in [2.45, 2.75) is 18.9 Å². The maximum atomic E-state index is 12.7. The quantitative estimate of drug-likeness (QED) is 0.839. The van der Waals surface area contributed by atoms with Gasteiger partial charge in [0.2, 0.25) is 5.91 Å². The normalized spacial score (nSPS) is 21.3. The average molecular weight is 318 g/mol. The fourth-order valence-corrected chi connectivity index (χ4v) is 3.16. The SMILES string of the molecule is COc1ccc(C(=O)N2CCC[C@@H]2C(=O)N2CCOCC2)cc1. The van der Waals surface area contributed by atoms with Gasteiger partial charge in [0.1, 0.15) is 11.8 Å². The number of nitrogens with zero attached hydrogens (tertiary/aromatic N) is 2. The van der Waals surface area contributed by atoms with E-state index in [4.69, 9.17) is 9.47 Å². The first-order valence-electron chi connectivity index (χ1n) is 8.02. The predicted octanol–water partition coefficient (Wildman–Crippen LogP) is 1.16. The molecule has 0 unspecified atom stereocenters. The molecule has 2 fully saturated rings. The third-order valence-corrected chi connectivity index (χ3v) is 4.46. The number of amides is 2. The molecule has 0 bridgehead atoms. The van der Waals surface area contributed by atoms with Crippen molar-refractivity contribution in [1.82, 2.24) is 9.80 Å². The van der Waals surface area contributed by atoms with Crippen LogP contribution < -0.4 is 4.74 Å². The minimum absolute atomic E-state index is 0.0488. The standard InChI is InChI=1S/C17H22N2O4/c1-22-14-6-4-13(5-7-14)16(20)19-8-2-3-15(19)17(21)18-9-11-23-12-10-18/h4-7,15H,2-3,8-12H2,1H3/t15-/m1/s1. The molecular formula is C17H22N2O4. The van der Waals surface area contributed by atoms with Crippen LogP contribution in [0.4, 0.5) is 0 Å². The van der Waals surface area contributed by atoms with Crippen molar-refractivity contribution in [3.63, 3.8) is 0 Å². The van der Waals surface area contributed by atoms with Gasteiger partial charge in [-0.2, -0.15) is 0 Å². The molecule has 0 spiro atoms. The van der Waals surface area contributed by atoms with Crippen LogP contribution in [0.5, 0.6) is 5.75 Å². The van der Waals surface area contributed by atoms with Crippen LogP contribution in [0.1, 0.15) is 23.2 Å². The lowest BCUT2D eigenvalue weighted by Gasteiger charge is -2.32. The summed E-state index contributed by atoms with van der Waals surface area (Å²) in [5.74, 6) is 0.674. The number of hydrogen-bond acceptors (Lipinski definition) is 4. The fraction of sp³-hybridized carbons (Fsp3) is 0.529. The lowest BCUT2D eigenvalue weighted by Crippen LogP contribution is -2.51. The van der Waals surface area contributed by atoms with E-state index >= 15 is 0 Å². The second-order valence-corrected chi connectivity index (χ2v) is 5.82. The highest BCUT2D eigenvalue weighted by Crippen LogP contribution is 2.23. The van der Waals surface area contributed by atoms with Crippen molar-refractivity contribution in [2.75, 3.05) is 40.0 Å². The van der Waals surface area contributed by atoms with Crippen molar-refractivity contribution < 1.29 is 19.1 Å². The van der Waals surface area contributed by atoms with E-state index in [-0.39, 0.29) is 17.9 Å². The average Bonchev–Trinajstić information content (AvgIpc) is 3.11. The number of rotatable bonds is 3. The number of morpholine rings is 1. The van der Waals surface area contributed by atoms with Gasteiger partial charge in [-0.3, -0.25) is 9.59 Å². The molecule has 124 valence electrons. The molecule has 2 heterocycles. The van der Waals surface area contributed by atoms with Crippen LogP contribution in [-0.4, -0.2) is 67.6 Å². The van der Waals surface area contributed by atoms with Gasteiger partial charge in [-0.05, 0) is 37.1 Å². The molecule has 1 aromatic rings. The molecule has 2 amide bonds. The molecule has 1 atom stereocenters. The summed E-state index contributed by atoms with van der Waals surface area (Å²) in [5.41, 5.74) is 0.590. The van der Waals surface area contributed by atoms with E-state index in [1.165, 1.54) is 0 Å². The Kier molecular flexibility index (Phi) is 4.81. The summed E-state index contributed by atoms with van der Waals surface area (Å²) in [6.45, 7) is 3.00. The van der Waals surface area contributed by atoms with Crippen molar-refractivity contribution in [1.29, 1.82) is 0 Å². The first-order chi connectivity index (χ1) is 11.2. The molecule has 1 aromatic carbocycles. The molecule has 0 aliphatic carbocycles. The molecule has 0 N–H and O–H groups in total. The third-order valence-electron chi connectivity index (χ3n) is 4.46. The smallest absolute Gasteiger partial charge is 0.254 e. The lowest BCUT2D eigenvalue weighted by atomic mass is 10.1. The monoisotopic (exact) mass is 318 g/mol. The molecule has 2 aliphatic rings. The lowest BCUT2D eigenvalue weighted by molar-refractivity contribution is -0.139. The summed E-state index contributed by atoms with van der Waals surface area (Å²) in [6, 6.07) is 6.68. The molecular weight excluding hydrogens is 296 g/mol. The highest BCUT2D eigenvalue weighted by molar-refractivity contribution is 5.98. The number of benzene rings is 1. The van der Waals surface area contributed by atoms with E-state index in [0.717, 1.165) is 12.8 Å². The summed E-state index contributed by atoms with van der Waals surface area (Å²) in [6.07, 6.45) is 1.60. The minimum atomic E-state index is -0.345. The summed E-state index contributed by atoms with van der Waals surface area (Å²) in [7, 11) is 1.59. The van der Waals surface area contributed by atoms with Crippen LogP contribution in [0.2, 0.25) is 0 Å². The van der Waals surface area contributed by atoms with Gasteiger partial charge in [0.15, 0.2) is 0 Å². The Balaban J connectivity index is 1.72. The zero-order valence-corrected chi connectivity index (χ0v) is 13.4.